The first kappa shape index (κ1) is 21.4. The van der Waals surface area contributed by atoms with E-state index in [4.69, 9.17) is 16.3 Å². The van der Waals surface area contributed by atoms with Gasteiger partial charge in [-0.15, -0.1) is 0 Å². The minimum atomic E-state index is -4.25. The summed E-state index contributed by atoms with van der Waals surface area (Å²) in [6.45, 7) is -1.78. The van der Waals surface area contributed by atoms with Gasteiger partial charge in [-0.1, -0.05) is 11.6 Å². The zero-order valence-corrected chi connectivity index (χ0v) is 16.3. The van der Waals surface area contributed by atoms with E-state index in [2.05, 4.69) is 0 Å². The molecule has 1 aliphatic heterocycles. The molecule has 2 atom stereocenters. The number of β-amino-alcohol motifs (C(OH)–C–C–N with tert-alkyl or cyclic N) is 1. The number of ether oxygens (including phenoxy) is 1. The summed E-state index contributed by atoms with van der Waals surface area (Å²) in [5.41, 5.74) is -2.19. The van der Waals surface area contributed by atoms with E-state index in [9.17, 15) is 32.7 Å². The number of hydrogen-bond acceptors (Lipinski definition) is 6. The lowest BCUT2D eigenvalue weighted by atomic mass is 10.0. The zero-order chi connectivity index (χ0) is 21.4. The van der Waals surface area contributed by atoms with Gasteiger partial charge >= 0.3 is 0 Å². The van der Waals surface area contributed by atoms with Crippen LogP contribution in [0.25, 0.3) is 0 Å². The molecule has 2 N–H and O–H groups in total. The fourth-order valence-corrected chi connectivity index (χ4v) is 4.77. The van der Waals surface area contributed by atoms with Crippen molar-refractivity contribution in [2.24, 2.45) is 0 Å². The Labute approximate surface area is 170 Å². The number of rotatable bonds is 5. The Morgan fingerprint density at radius 1 is 1.28 bits per heavy atom. The maximum Gasteiger partial charge on any atom is 0.244 e. The first-order valence-electron chi connectivity index (χ1n) is 8.25. The second kappa shape index (κ2) is 7.85. The SMILES string of the molecule is N#Cc1cc(Cl)ccc1S(=O)(=O)N1C[C@H](Oc2ccc(F)c(F)c2)[C@](O)(CO)C1. The average Bonchev–Trinajstić information content (AvgIpc) is 3.02. The molecule has 0 saturated carbocycles. The monoisotopic (exact) mass is 444 g/mol. The van der Waals surface area contributed by atoms with Crippen molar-refractivity contribution < 1.29 is 32.1 Å². The van der Waals surface area contributed by atoms with Crippen molar-refractivity contribution in [1.29, 1.82) is 5.26 Å². The predicted molar refractivity (Wildman–Crippen MR) is 97.7 cm³/mol. The van der Waals surface area contributed by atoms with E-state index >= 15 is 0 Å². The molecule has 0 spiro atoms. The van der Waals surface area contributed by atoms with Gasteiger partial charge in [0.15, 0.2) is 11.6 Å². The molecule has 7 nitrogen and oxygen atoms in total. The number of nitrogens with zero attached hydrogens (tertiary/aromatic N) is 2. The quantitative estimate of drug-likeness (QED) is 0.725. The minimum absolute atomic E-state index is 0.149. The Balaban J connectivity index is 1.92. The molecule has 1 heterocycles. The number of hydrogen-bond donors (Lipinski definition) is 2. The summed E-state index contributed by atoms with van der Waals surface area (Å²) in [6.07, 6.45) is -1.27. The van der Waals surface area contributed by atoms with E-state index in [1.165, 1.54) is 12.1 Å². The van der Waals surface area contributed by atoms with E-state index in [1.54, 1.807) is 6.07 Å². The van der Waals surface area contributed by atoms with Crippen molar-refractivity contribution in [3.8, 4) is 11.8 Å². The van der Waals surface area contributed by atoms with Crippen molar-refractivity contribution in [3.05, 3.63) is 58.6 Å². The molecule has 1 fully saturated rings. The predicted octanol–water partition coefficient (Wildman–Crippen LogP) is 1.67. The van der Waals surface area contributed by atoms with Gasteiger partial charge in [0.2, 0.25) is 10.0 Å². The summed E-state index contributed by atoms with van der Waals surface area (Å²) >= 11 is 5.80. The summed E-state index contributed by atoms with van der Waals surface area (Å²) in [6, 6.07) is 8.09. The lowest BCUT2D eigenvalue weighted by Crippen LogP contribution is -2.48. The van der Waals surface area contributed by atoms with Crippen molar-refractivity contribution in [3.63, 3.8) is 0 Å². The highest BCUT2D eigenvalue weighted by atomic mass is 35.5. The second-order valence-electron chi connectivity index (χ2n) is 6.49. The first-order valence-corrected chi connectivity index (χ1v) is 10.1. The van der Waals surface area contributed by atoms with Crippen LogP contribution in [-0.2, 0) is 10.0 Å². The molecule has 0 aliphatic carbocycles. The number of halogens is 3. The van der Waals surface area contributed by atoms with Gasteiger partial charge in [0.25, 0.3) is 0 Å². The highest BCUT2D eigenvalue weighted by Gasteiger charge is 2.51. The molecule has 1 saturated heterocycles. The fourth-order valence-electron chi connectivity index (χ4n) is 2.98. The third kappa shape index (κ3) is 4.05. The van der Waals surface area contributed by atoms with Gasteiger partial charge in [-0.2, -0.15) is 9.57 Å². The molecule has 1 aliphatic rings. The maximum atomic E-state index is 13.4. The first-order chi connectivity index (χ1) is 13.6. The third-order valence-corrected chi connectivity index (χ3v) is 6.65. The molecule has 3 rings (SSSR count). The molecule has 0 unspecified atom stereocenters. The molecule has 0 radical (unpaired) electrons. The fraction of sp³-hybridized carbons (Fsp3) is 0.278. The average molecular weight is 445 g/mol. The lowest BCUT2D eigenvalue weighted by molar-refractivity contribution is -0.0641. The highest BCUT2D eigenvalue weighted by Crippen LogP contribution is 2.32. The normalized spacial score (nSPS) is 22.4. The smallest absolute Gasteiger partial charge is 0.244 e. The Hall–Kier alpha value is -2.29. The van der Waals surface area contributed by atoms with Crippen LogP contribution in [0.5, 0.6) is 5.75 Å². The molecule has 0 bridgehead atoms. The zero-order valence-electron chi connectivity index (χ0n) is 14.7. The van der Waals surface area contributed by atoms with Gasteiger partial charge in [-0.05, 0) is 30.3 Å². The van der Waals surface area contributed by atoms with Crippen molar-refractivity contribution in [2.75, 3.05) is 19.7 Å². The van der Waals surface area contributed by atoms with Crippen LogP contribution in [0.3, 0.4) is 0 Å². The molecular weight excluding hydrogens is 430 g/mol. The lowest BCUT2D eigenvalue weighted by Gasteiger charge is -2.27. The topological polar surface area (TPSA) is 111 Å². The second-order valence-corrected chi connectivity index (χ2v) is 8.84. The largest absolute Gasteiger partial charge is 0.486 e. The van der Waals surface area contributed by atoms with Crippen molar-refractivity contribution in [2.45, 2.75) is 16.6 Å². The Kier molecular flexibility index (Phi) is 5.80. The molecule has 2 aromatic carbocycles. The standard InChI is InChI=1S/C18H15ClF2N2O5S/c19-12-1-4-16(11(5-12)7-22)29(26,27)23-8-17(18(25,9-23)10-24)28-13-2-3-14(20)15(21)6-13/h1-6,17,24-25H,8-10H2/t17-,18+/m0/s1. The number of benzene rings is 2. The highest BCUT2D eigenvalue weighted by molar-refractivity contribution is 7.89. The van der Waals surface area contributed by atoms with Gasteiger partial charge < -0.3 is 14.9 Å². The molecular formula is C18H15ClF2N2O5S. The van der Waals surface area contributed by atoms with E-state index < -0.39 is 53.1 Å². The number of aliphatic hydroxyl groups excluding tert-OH is 1. The van der Waals surface area contributed by atoms with Gasteiger partial charge in [0, 0.05) is 17.6 Å². The maximum absolute atomic E-state index is 13.4. The summed E-state index contributed by atoms with van der Waals surface area (Å²) in [5, 5.41) is 29.7. The molecule has 11 heteroatoms. The summed E-state index contributed by atoms with van der Waals surface area (Å²) in [5.74, 6) is -2.43. The van der Waals surface area contributed by atoms with Crippen LogP contribution in [0.2, 0.25) is 5.02 Å². The summed E-state index contributed by atoms with van der Waals surface area (Å²) < 4.78 is 58.8. The van der Waals surface area contributed by atoms with Crippen LogP contribution in [0.15, 0.2) is 41.3 Å². The number of aliphatic hydroxyl groups is 2. The van der Waals surface area contributed by atoms with E-state index in [0.29, 0.717) is 0 Å². The van der Waals surface area contributed by atoms with Crippen LogP contribution >= 0.6 is 11.6 Å². The third-order valence-electron chi connectivity index (χ3n) is 4.54. The number of sulfonamides is 1. The van der Waals surface area contributed by atoms with E-state index in [1.807, 2.05) is 0 Å². The minimum Gasteiger partial charge on any atom is -0.486 e. The Bertz CT molecular complexity index is 1090. The van der Waals surface area contributed by atoms with Gasteiger partial charge in [-0.25, -0.2) is 17.2 Å². The Morgan fingerprint density at radius 2 is 2.00 bits per heavy atom. The van der Waals surface area contributed by atoms with E-state index in [-0.39, 0.29) is 21.2 Å². The summed E-state index contributed by atoms with van der Waals surface area (Å²) in [7, 11) is -4.25. The van der Waals surface area contributed by atoms with Crippen LogP contribution in [0, 0.1) is 23.0 Å². The Morgan fingerprint density at radius 3 is 2.62 bits per heavy atom. The summed E-state index contributed by atoms with van der Waals surface area (Å²) in [4.78, 5) is -0.321. The van der Waals surface area contributed by atoms with Crippen LogP contribution in [0.4, 0.5) is 8.78 Å². The van der Waals surface area contributed by atoms with Crippen molar-refractivity contribution in [1.82, 2.24) is 4.31 Å². The van der Waals surface area contributed by atoms with Gasteiger partial charge in [0.05, 0.1) is 18.7 Å². The van der Waals surface area contributed by atoms with Crippen molar-refractivity contribution >= 4 is 21.6 Å². The molecule has 0 aromatic heterocycles. The van der Waals surface area contributed by atoms with Gasteiger partial charge in [-0.3, -0.25) is 0 Å². The molecule has 29 heavy (non-hydrogen) atoms. The molecule has 2 aromatic rings. The van der Waals surface area contributed by atoms with Crippen LogP contribution in [0.1, 0.15) is 5.56 Å². The molecule has 0 amide bonds. The van der Waals surface area contributed by atoms with E-state index in [0.717, 1.165) is 28.6 Å². The van der Waals surface area contributed by atoms with Gasteiger partial charge in [0.1, 0.15) is 28.4 Å². The van der Waals surface area contributed by atoms with Crippen LogP contribution < -0.4 is 4.74 Å². The number of nitriles is 1. The van der Waals surface area contributed by atoms with Crippen LogP contribution in [-0.4, -0.2) is 54.3 Å². The molecule has 154 valence electrons.